The summed E-state index contributed by atoms with van der Waals surface area (Å²) in [4.78, 5) is 10.7. The van der Waals surface area contributed by atoms with Gasteiger partial charge in [0.05, 0.1) is 18.8 Å². The Hall–Kier alpha value is -1.77. The van der Waals surface area contributed by atoms with Gasteiger partial charge in [0.25, 0.3) is 5.91 Å². The van der Waals surface area contributed by atoms with Gasteiger partial charge >= 0.3 is 6.36 Å². The number of ether oxygens (including phenoxy) is 1. The van der Waals surface area contributed by atoms with Crippen LogP contribution in [0.1, 0.15) is 10.5 Å². The summed E-state index contributed by atoms with van der Waals surface area (Å²) in [5.74, 6) is -0.840. The van der Waals surface area contributed by atoms with Crippen LogP contribution in [0.4, 0.5) is 18.9 Å². The summed E-state index contributed by atoms with van der Waals surface area (Å²) in [5, 5.41) is 3.60. The van der Waals surface area contributed by atoms with Crippen LogP contribution >= 0.6 is 0 Å². The van der Waals surface area contributed by atoms with Crippen molar-refractivity contribution >= 4 is 11.6 Å². The lowest BCUT2D eigenvalue weighted by Gasteiger charge is -2.06. The molecule has 0 unspecified atom stereocenters. The Morgan fingerprint density at radius 3 is 2.62 bits per heavy atom. The van der Waals surface area contributed by atoms with Crippen LogP contribution in [-0.2, 0) is 11.3 Å². The highest BCUT2D eigenvalue weighted by molar-refractivity contribution is 5.95. The van der Waals surface area contributed by atoms with E-state index in [9.17, 15) is 18.0 Å². The predicted molar refractivity (Wildman–Crippen MR) is 47.2 cm³/mol. The molecular formula is C7H9F3N4O2. The minimum absolute atomic E-state index is 0.0134. The second-order valence-electron chi connectivity index (χ2n) is 2.85. The fourth-order valence-electron chi connectivity index (χ4n) is 0.998. The van der Waals surface area contributed by atoms with Crippen molar-refractivity contribution in [1.29, 1.82) is 0 Å². The quantitative estimate of drug-likeness (QED) is 0.777. The Labute approximate surface area is 87.9 Å². The molecule has 0 aliphatic heterocycles. The van der Waals surface area contributed by atoms with Gasteiger partial charge in [0, 0.05) is 6.20 Å². The molecule has 0 atom stereocenters. The standard InChI is InChI=1S/C7H9F3N4O2/c8-7(9,10)16-2-1-14-3-4(11)5(13-14)6(12)15/h3H,1-2,11H2,(H2,12,15). The van der Waals surface area contributed by atoms with Crippen LogP contribution in [0.5, 0.6) is 0 Å². The van der Waals surface area contributed by atoms with Crippen LogP contribution in [0.15, 0.2) is 6.20 Å². The van der Waals surface area contributed by atoms with Gasteiger partial charge in [0.15, 0.2) is 5.69 Å². The van der Waals surface area contributed by atoms with Gasteiger partial charge in [-0.1, -0.05) is 0 Å². The summed E-state index contributed by atoms with van der Waals surface area (Å²) in [6.07, 6.45) is -3.48. The van der Waals surface area contributed by atoms with Gasteiger partial charge in [-0.15, -0.1) is 13.2 Å². The lowest BCUT2D eigenvalue weighted by Crippen LogP contribution is -2.18. The van der Waals surface area contributed by atoms with Gasteiger partial charge in [-0.05, 0) is 0 Å². The Kier molecular flexibility index (Phi) is 3.38. The van der Waals surface area contributed by atoms with Crippen molar-refractivity contribution in [2.75, 3.05) is 12.3 Å². The first-order chi connectivity index (χ1) is 7.29. The second kappa shape index (κ2) is 4.39. The van der Waals surface area contributed by atoms with E-state index in [-0.39, 0.29) is 17.9 Å². The van der Waals surface area contributed by atoms with E-state index in [0.717, 1.165) is 4.68 Å². The molecule has 0 aromatic carbocycles. The van der Waals surface area contributed by atoms with Crippen molar-refractivity contribution in [2.24, 2.45) is 5.73 Å². The van der Waals surface area contributed by atoms with Gasteiger partial charge < -0.3 is 11.5 Å². The first kappa shape index (κ1) is 12.3. The second-order valence-corrected chi connectivity index (χ2v) is 2.85. The minimum atomic E-state index is -4.69. The van der Waals surface area contributed by atoms with Crippen molar-refractivity contribution in [2.45, 2.75) is 12.9 Å². The zero-order valence-electron chi connectivity index (χ0n) is 7.99. The fourth-order valence-corrected chi connectivity index (χ4v) is 0.998. The zero-order chi connectivity index (χ0) is 12.3. The molecule has 0 radical (unpaired) electrons. The molecule has 0 saturated heterocycles. The lowest BCUT2D eigenvalue weighted by molar-refractivity contribution is -0.325. The van der Waals surface area contributed by atoms with Gasteiger partial charge in [-0.3, -0.25) is 14.2 Å². The van der Waals surface area contributed by atoms with E-state index in [4.69, 9.17) is 11.5 Å². The van der Waals surface area contributed by atoms with E-state index in [1.54, 1.807) is 0 Å². The van der Waals surface area contributed by atoms with Gasteiger partial charge in [0.1, 0.15) is 0 Å². The summed E-state index contributed by atoms with van der Waals surface area (Å²) >= 11 is 0. The smallest absolute Gasteiger partial charge is 0.396 e. The summed E-state index contributed by atoms with van der Waals surface area (Å²) in [7, 11) is 0. The molecule has 0 aliphatic rings. The van der Waals surface area contributed by atoms with Gasteiger partial charge in [-0.2, -0.15) is 5.10 Å². The molecule has 1 heterocycles. The SMILES string of the molecule is NC(=O)c1nn(CCOC(F)(F)F)cc1N. The molecule has 90 valence electrons. The summed E-state index contributed by atoms with van der Waals surface area (Å²) in [5.41, 5.74) is 10.1. The number of amides is 1. The monoisotopic (exact) mass is 238 g/mol. The minimum Gasteiger partial charge on any atom is -0.396 e. The molecule has 16 heavy (non-hydrogen) atoms. The van der Waals surface area contributed by atoms with E-state index >= 15 is 0 Å². The third-order valence-corrected chi connectivity index (χ3v) is 1.61. The molecule has 1 aromatic rings. The highest BCUT2D eigenvalue weighted by Crippen LogP contribution is 2.16. The first-order valence-electron chi connectivity index (χ1n) is 4.13. The van der Waals surface area contributed by atoms with E-state index in [0.29, 0.717) is 0 Å². The molecule has 1 amide bonds. The topological polar surface area (TPSA) is 96.2 Å². The molecule has 1 aromatic heterocycles. The van der Waals surface area contributed by atoms with Crippen LogP contribution in [-0.4, -0.2) is 28.7 Å². The Morgan fingerprint density at radius 1 is 1.56 bits per heavy atom. The number of nitrogens with zero attached hydrogens (tertiary/aromatic N) is 2. The first-order valence-corrected chi connectivity index (χ1v) is 4.13. The summed E-state index contributed by atoms with van der Waals surface area (Å²) < 4.78 is 39.4. The molecule has 0 spiro atoms. The maximum absolute atomic E-state index is 11.6. The van der Waals surface area contributed by atoms with Crippen molar-refractivity contribution in [3.63, 3.8) is 0 Å². The normalized spacial score (nSPS) is 11.7. The highest BCUT2D eigenvalue weighted by Gasteiger charge is 2.28. The van der Waals surface area contributed by atoms with Crippen molar-refractivity contribution in [3.05, 3.63) is 11.9 Å². The van der Waals surface area contributed by atoms with E-state index < -0.39 is 18.9 Å². The number of aromatic nitrogens is 2. The van der Waals surface area contributed by atoms with Crippen molar-refractivity contribution in [1.82, 2.24) is 9.78 Å². The predicted octanol–water partition coefficient (Wildman–Crippen LogP) is 0.101. The molecule has 0 bridgehead atoms. The van der Waals surface area contributed by atoms with E-state index in [1.807, 2.05) is 0 Å². The Morgan fingerprint density at radius 2 is 2.19 bits per heavy atom. The average Bonchev–Trinajstić information content (AvgIpc) is 2.44. The largest absolute Gasteiger partial charge is 0.522 e. The molecule has 4 N–H and O–H groups in total. The third kappa shape index (κ3) is 3.42. The number of anilines is 1. The van der Waals surface area contributed by atoms with E-state index in [2.05, 4.69) is 9.84 Å². The zero-order valence-corrected chi connectivity index (χ0v) is 7.99. The maximum atomic E-state index is 11.6. The van der Waals surface area contributed by atoms with Crippen LogP contribution in [0.3, 0.4) is 0 Å². The summed E-state index contributed by atoms with van der Waals surface area (Å²) in [6, 6.07) is 0. The number of halogens is 3. The molecule has 6 nitrogen and oxygen atoms in total. The van der Waals surface area contributed by atoms with Crippen LogP contribution < -0.4 is 11.5 Å². The number of nitrogens with two attached hydrogens (primary N) is 2. The number of rotatable bonds is 4. The molecule has 0 fully saturated rings. The molecule has 1 rings (SSSR count). The van der Waals surface area contributed by atoms with Crippen LogP contribution in [0, 0.1) is 0 Å². The number of hydrogen-bond donors (Lipinski definition) is 2. The molecule has 9 heteroatoms. The van der Waals surface area contributed by atoms with Crippen molar-refractivity contribution < 1.29 is 22.7 Å². The number of hydrogen-bond acceptors (Lipinski definition) is 4. The third-order valence-electron chi connectivity index (χ3n) is 1.61. The van der Waals surface area contributed by atoms with E-state index in [1.165, 1.54) is 6.20 Å². The summed E-state index contributed by atoms with van der Waals surface area (Å²) in [6.45, 7) is -0.806. The number of nitrogen functional groups attached to an aromatic ring is 1. The molecule has 0 saturated carbocycles. The number of primary amides is 1. The lowest BCUT2D eigenvalue weighted by atomic mass is 10.4. The van der Waals surface area contributed by atoms with Gasteiger partial charge in [-0.25, -0.2) is 0 Å². The molecule has 0 aliphatic carbocycles. The molecular weight excluding hydrogens is 229 g/mol. The average molecular weight is 238 g/mol. The van der Waals surface area contributed by atoms with Gasteiger partial charge in [0.2, 0.25) is 0 Å². The van der Waals surface area contributed by atoms with Crippen LogP contribution in [0.25, 0.3) is 0 Å². The maximum Gasteiger partial charge on any atom is 0.522 e. The number of alkyl halides is 3. The number of carbonyl (C=O) groups excluding carboxylic acids is 1. The Bertz CT molecular complexity index is 387. The fraction of sp³-hybridized carbons (Fsp3) is 0.429. The van der Waals surface area contributed by atoms with Crippen molar-refractivity contribution in [3.8, 4) is 0 Å². The Balaban J connectivity index is 2.56. The highest BCUT2D eigenvalue weighted by atomic mass is 19.4. The number of carbonyl (C=O) groups is 1. The van der Waals surface area contributed by atoms with Crippen LogP contribution in [0.2, 0.25) is 0 Å².